The number of Topliss-reactive ketones (excluding diaryl/α,β-unsaturated/α-hetero) is 1. The lowest BCUT2D eigenvalue weighted by atomic mass is 10.1. The van der Waals surface area contributed by atoms with E-state index in [0.717, 1.165) is 0 Å². The molecule has 0 atom stereocenters. The molecule has 0 saturated carbocycles. The number of nitrogens with zero attached hydrogens (tertiary/aromatic N) is 3. The van der Waals surface area contributed by atoms with Gasteiger partial charge in [0.15, 0.2) is 5.78 Å². The first-order chi connectivity index (χ1) is 11.4. The maximum atomic E-state index is 11.9. The topological polar surface area (TPSA) is 116 Å². The van der Waals surface area contributed by atoms with Crippen LogP contribution in [-0.4, -0.2) is 33.5 Å². The molecule has 0 bridgehead atoms. The normalized spacial score (nSPS) is 10.2. The van der Waals surface area contributed by atoms with Gasteiger partial charge in [0.2, 0.25) is 5.91 Å². The Labute approximate surface area is 137 Å². The molecule has 0 spiro atoms. The van der Waals surface area contributed by atoms with Gasteiger partial charge in [0, 0.05) is 17.7 Å². The van der Waals surface area contributed by atoms with Gasteiger partial charge >= 0.3 is 11.6 Å². The fourth-order valence-corrected chi connectivity index (χ4v) is 2.01. The molecule has 2 aromatic rings. The van der Waals surface area contributed by atoms with Crippen LogP contribution < -0.4 is 10.1 Å². The lowest BCUT2D eigenvalue weighted by Crippen LogP contribution is -2.14. The van der Waals surface area contributed by atoms with Gasteiger partial charge in [-0.3, -0.25) is 24.4 Å². The summed E-state index contributed by atoms with van der Waals surface area (Å²) in [6, 6.07) is 6.52. The van der Waals surface area contributed by atoms with Crippen molar-refractivity contribution < 1.29 is 19.2 Å². The first kappa shape index (κ1) is 17.1. The number of ether oxygens (including phenoxy) is 1. The molecule has 0 aliphatic rings. The van der Waals surface area contributed by atoms with Crippen molar-refractivity contribution in [2.45, 2.75) is 19.9 Å². The number of amides is 1. The van der Waals surface area contributed by atoms with E-state index < -0.39 is 4.92 Å². The van der Waals surface area contributed by atoms with Crippen molar-refractivity contribution in [2.75, 3.05) is 12.4 Å². The molecule has 24 heavy (non-hydrogen) atoms. The van der Waals surface area contributed by atoms with Crippen LogP contribution in [0, 0.1) is 10.1 Å². The predicted octanol–water partition coefficient (Wildman–Crippen LogP) is 2.03. The van der Waals surface area contributed by atoms with E-state index in [4.69, 9.17) is 4.74 Å². The van der Waals surface area contributed by atoms with Gasteiger partial charge in [-0.05, 0) is 31.2 Å². The number of aryl methyl sites for hydroxylation is 1. The van der Waals surface area contributed by atoms with Crippen molar-refractivity contribution in [1.29, 1.82) is 0 Å². The third-order valence-corrected chi connectivity index (χ3v) is 3.24. The van der Waals surface area contributed by atoms with Crippen molar-refractivity contribution >= 4 is 23.1 Å². The molecule has 1 aromatic heterocycles. The van der Waals surface area contributed by atoms with Crippen LogP contribution in [0.4, 0.5) is 11.4 Å². The van der Waals surface area contributed by atoms with Crippen molar-refractivity contribution in [1.82, 2.24) is 9.78 Å². The number of rotatable bonds is 7. The Bertz CT molecular complexity index is 767. The quantitative estimate of drug-likeness (QED) is 0.471. The average molecular weight is 332 g/mol. The van der Waals surface area contributed by atoms with E-state index in [1.54, 1.807) is 24.3 Å². The standard InChI is InChI=1S/C15H16N4O5/c1-10(20)11-3-5-12(6-4-11)16-14(21)7-8-18-9-13(19(22)23)15(17-18)24-2/h3-6,9H,7-8H2,1-2H3,(H,16,21). The first-order valence-electron chi connectivity index (χ1n) is 7.07. The van der Waals surface area contributed by atoms with Crippen LogP contribution in [0.5, 0.6) is 5.88 Å². The molecule has 0 aliphatic carbocycles. The fraction of sp³-hybridized carbons (Fsp3) is 0.267. The number of hydrogen-bond donors (Lipinski definition) is 1. The van der Waals surface area contributed by atoms with E-state index in [0.29, 0.717) is 11.3 Å². The second-order valence-electron chi connectivity index (χ2n) is 4.98. The van der Waals surface area contributed by atoms with Gasteiger partial charge in [0.05, 0.1) is 18.6 Å². The third-order valence-electron chi connectivity index (χ3n) is 3.24. The van der Waals surface area contributed by atoms with Gasteiger partial charge in [0.1, 0.15) is 6.20 Å². The van der Waals surface area contributed by atoms with Crippen LogP contribution in [0.25, 0.3) is 0 Å². The highest BCUT2D eigenvalue weighted by Gasteiger charge is 2.20. The monoisotopic (exact) mass is 332 g/mol. The molecule has 0 unspecified atom stereocenters. The van der Waals surface area contributed by atoms with E-state index in [-0.39, 0.29) is 36.2 Å². The molecule has 0 radical (unpaired) electrons. The summed E-state index contributed by atoms with van der Waals surface area (Å²) in [4.78, 5) is 33.3. The summed E-state index contributed by atoms with van der Waals surface area (Å²) in [6.07, 6.45) is 1.30. The zero-order chi connectivity index (χ0) is 17.7. The third kappa shape index (κ3) is 4.15. The van der Waals surface area contributed by atoms with Gasteiger partial charge in [-0.2, -0.15) is 0 Å². The Morgan fingerprint density at radius 2 is 2.00 bits per heavy atom. The highest BCUT2D eigenvalue weighted by molar-refractivity contribution is 5.95. The minimum atomic E-state index is -0.598. The minimum absolute atomic E-state index is 0.0536. The Hall–Kier alpha value is -3.23. The number of carbonyl (C=O) groups excluding carboxylic acids is 2. The lowest BCUT2D eigenvalue weighted by Gasteiger charge is -2.06. The number of benzene rings is 1. The SMILES string of the molecule is COc1nn(CCC(=O)Nc2ccc(C(C)=O)cc2)cc1[N+](=O)[O-]. The Morgan fingerprint density at radius 3 is 2.50 bits per heavy atom. The highest BCUT2D eigenvalue weighted by atomic mass is 16.6. The zero-order valence-corrected chi connectivity index (χ0v) is 13.2. The van der Waals surface area contributed by atoms with E-state index in [9.17, 15) is 19.7 Å². The van der Waals surface area contributed by atoms with Gasteiger partial charge in [-0.15, -0.1) is 5.10 Å². The van der Waals surface area contributed by atoms with Gasteiger partial charge in [-0.25, -0.2) is 0 Å². The highest BCUT2D eigenvalue weighted by Crippen LogP contribution is 2.24. The summed E-state index contributed by atoms with van der Waals surface area (Å²) in [6.45, 7) is 1.63. The van der Waals surface area contributed by atoms with E-state index >= 15 is 0 Å². The number of anilines is 1. The summed E-state index contributed by atoms with van der Waals surface area (Å²) in [5, 5.41) is 17.4. The number of carbonyl (C=O) groups is 2. The lowest BCUT2D eigenvalue weighted by molar-refractivity contribution is -0.385. The molecular formula is C15H16N4O5. The van der Waals surface area contributed by atoms with Gasteiger partial charge < -0.3 is 10.1 Å². The molecule has 2 rings (SSSR count). The van der Waals surface area contributed by atoms with Crippen LogP contribution >= 0.6 is 0 Å². The smallest absolute Gasteiger partial charge is 0.350 e. The molecule has 9 nitrogen and oxygen atoms in total. The molecule has 0 saturated heterocycles. The Kier molecular flexibility index (Phi) is 5.25. The summed E-state index contributed by atoms with van der Waals surface area (Å²) >= 11 is 0. The Morgan fingerprint density at radius 1 is 1.33 bits per heavy atom. The van der Waals surface area contributed by atoms with Crippen molar-refractivity contribution in [3.05, 3.63) is 46.1 Å². The number of methoxy groups -OCH3 is 1. The van der Waals surface area contributed by atoms with Crippen molar-refractivity contribution in [3.63, 3.8) is 0 Å². The van der Waals surface area contributed by atoms with Crippen LogP contribution in [0.2, 0.25) is 0 Å². The molecule has 1 aromatic carbocycles. The molecule has 1 heterocycles. The minimum Gasteiger partial charge on any atom is -0.475 e. The number of hydrogen-bond acceptors (Lipinski definition) is 6. The maximum Gasteiger partial charge on any atom is 0.350 e. The molecule has 1 amide bonds. The maximum absolute atomic E-state index is 11.9. The second-order valence-corrected chi connectivity index (χ2v) is 4.98. The molecule has 1 N–H and O–H groups in total. The fourth-order valence-electron chi connectivity index (χ4n) is 2.01. The number of ketones is 1. The molecule has 0 fully saturated rings. The number of aromatic nitrogens is 2. The Balaban J connectivity index is 1.93. The van der Waals surface area contributed by atoms with E-state index in [1.807, 2.05) is 0 Å². The van der Waals surface area contributed by atoms with Crippen molar-refractivity contribution in [2.24, 2.45) is 0 Å². The van der Waals surface area contributed by atoms with E-state index in [2.05, 4.69) is 10.4 Å². The summed E-state index contributed by atoms with van der Waals surface area (Å²) in [5.41, 5.74) is 0.871. The second kappa shape index (κ2) is 7.36. The van der Waals surface area contributed by atoms with Crippen LogP contribution in [-0.2, 0) is 11.3 Å². The summed E-state index contributed by atoms with van der Waals surface area (Å²) in [7, 11) is 1.29. The molecule has 9 heteroatoms. The number of nitrogens with one attached hydrogen (secondary N) is 1. The van der Waals surface area contributed by atoms with E-state index in [1.165, 1.54) is 24.9 Å². The number of nitro groups is 1. The van der Waals surface area contributed by atoms with Gasteiger partial charge in [0.25, 0.3) is 0 Å². The summed E-state index contributed by atoms with van der Waals surface area (Å²) < 4.78 is 6.11. The average Bonchev–Trinajstić information content (AvgIpc) is 2.97. The van der Waals surface area contributed by atoms with Crippen LogP contribution in [0.1, 0.15) is 23.7 Å². The zero-order valence-electron chi connectivity index (χ0n) is 13.2. The predicted molar refractivity (Wildman–Crippen MR) is 85.1 cm³/mol. The largest absolute Gasteiger partial charge is 0.475 e. The first-order valence-corrected chi connectivity index (χ1v) is 7.07. The summed E-state index contributed by atoms with van der Waals surface area (Å²) in [5.74, 6) is -0.426. The van der Waals surface area contributed by atoms with Crippen molar-refractivity contribution in [3.8, 4) is 5.88 Å². The molecule has 126 valence electrons. The van der Waals surface area contributed by atoms with Crippen LogP contribution in [0.15, 0.2) is 30.5 Å². The molecule has 0 aliphatic heterocycles. The van der Waals surface area contributed by atoms with Gasteiger partial charge in [-0.1, -0.05) is 0 Å². The van der Waals surface area contributed by atoms with Crippen LogP contribution in [0.3, 0.4) is 0 Å². The molecular weight excluding hydrogens is 316 g/mol.